The van der Waals surface area contributed by atoms with Gasteiger partial charge in [0.05, 0.1) is 17.1 Å². The lowest BCUT2D eigenvalue weighted by Gasteiger charge is -2.11. The van der Waals surface area contributed by atoms with Crippen molar-refractivity contribution in [2.24, 2.45) is 5.73 Å². The van der Waals surface area contributed by atoms with Gasteiger partial charge in [-0.05, 0) is 31.0 Å². The molecule has 1 heterocycles. The van der Waals surface area contributed by atoms with Crippen LogP contribution in [0.3, 0.4) is 0 Å². The van der Waals surface area contributed by atoms with Crippen LogP contribution in [0.4, 0.5) is 0 Å². The molecule has 1 amide bonds. The predicted molar refractivity (Wildman–Crippen MR) is 69.7 cm³/mol. The zero-order valence-corrected chi connectivity index (χ0v) is 10.4. The largest absolute Gasteiger partial charge is 0.342 e. The number of fused-ring (bicyclic) bond motifs is 1. The molecule has 6 nitrogen and oxygen atoms in total. The third kappa shape index (κ3) is 2.66. The van der Waals surface area contributed by atoms with Gasteiger partial charge in [0.1, 0.15) is 5.82 Å². The number of hydrogen-bond acceptors (Lipinski definition) is 4. The van der Waals surface area contributed by atoms with Gasteiger partial charge in [-0.2, -0.15) is 0 Å². The molecule has 0 fully saturated rings. The van der Waals surface area contributed by atoms with Crippen molar-refractivity contribution in [2.75, 3.05) is 7.05 Å². The molecule has 1 atom stereocenters. The van der Waals surface area contributed by atoms with Gasteiger partial charge in [0.15, 0.2) is 0 Å². The molecule has 0 radical (unpaired) electrons. The zero-order valence-electron chi connectivity index (χ0n) is 10.4. The number of nitrogens with one attached hydrogen (secondary N) is 3. The highest BCUT2D eigenvalue weighted by molar-refractivity contribution is 5.82. The molecule has 0 aliphatic heterocycles. The minimum atomic E-state index is -0.570. The van der Waals surface area contributed by atoms with Gasteiger partial charge >= 0.3 is 0 Å². The fourth-order valence-electron chi connectivity index (χ4n) is 1.87. The Balaban J connectivity index is 2.13. The summed E-state index contributed by atoms with van der Waals surface area (Å²) in [5, 5.41) is 0. The molecule has 2 rings (SSSR count). The Bertz CT molecular complexity index is 563. The van der Waals surface area contributed by atoms with Gasteiger partial charge in [0.25, 0.3) is 5.91 Å². The number of hydrazine groups is 1. The van der Waals surface area contributed by atoms with Crippen molar-refractivity contribution in [1.82, 2.24) is 20.8 Å². The van der Waals surface area contributed by atoms with Crippen LogP contribution in [0.25, 0.3) is 11.0 Å². The number of rotatable bonds is 4. The summed E-state index contributed by atoms with van der Waals surface area (Å²) in [5.41, 5.74) is 13.7. The van der Waals surface area contributed by atoms with Crippen LogP contribution < -0.4 is 16.6 Å². The van der Waals surface area contributed by atoms with E-state index in [0.717, 1.165) is 22.4 Å². The Morgan fingerprint density at radius 2 is 2.33 bits per heavy atom. The van der Waals surface area contributed by atoms with Crippen LogP contribution in [0, 0.1) is 6.92 Å². The molecular formula is C12H17N5O. The van der Waals surface area contributed by atoms with Crippen molar-refractivity contribution in [3.8, 4) is 0 Å². The fraction of sp³-hybridized carbons (Fsp3) is 0.333. The Labute approximate surface area is 105 Å². The molecule has 1 aromatic heterocycles. The van der Waals surface area contributed by atoms with Gasteiger partial charge in [0, 0.05) is 7.05 Å². The zero-order chi connectivity index (χ0) is 13.1. The lowest BCUT2D eigenvalue weighted by Crippen LogP contribution is -2.46. The molecule has 1 unspecified atom stereocenters. The molecule has 0 aliphatic carbocycles. The number of amides is 1. The van der Waals surface area contributed by atoms with Crippen LogP contribution in [0.2, 0.25) is 0 Å². The first-order chi connectivity index (χ1) is 8.60. The number of carbonyl (C=O) groups excluding carboxylic acids is 1. The van der Waals surface area contributed by atoms with Crippen LogP contribution in [0.1, 0.15) is 11.4 Å². The summed E-state index contributed by atoms with van der Waals surface area (Å²) in [5.74, 6) is 0.651. The third-order valence-electron chi connectivity index (χ3n) is 2.71. The van der Waals surface area contributed by atoms with E-state index in [1.807, 2.05) is 25.1 Å². The smallest absolute Gasteiger partial charge is 0.251 e. The quantitative estimate of drug-likeness (QED) is 0.571. The maximum Gasteiger partial charge on any atom is 0.251 e. The van der Waals surface area contributed by atoms with Crippen molar-refractivity contribution in [3.63, 3.8) is 0 Å². The molecule has 0 saturated carbocycles. The number of aromatic amines is 1. The maximum atomic E-state index is 11.5. The number of hydrogen-bond donors (Lipinski definition) is 4. The van der Waals surface area contributed by atoms with Crippen molar-refractivity contribution in [3.05, 3.63) is 29.6 Å². The Kier molecular flexibility index (Phi) is 3.59. The molecule has 0 spiro atoms. The lowest BCUT2D eigenvalue weighted by atomic mass is 10.1. The summed E-state index contributed by atoms with van der Waals surface area (Å²) in [6, 6.07) is 5.27. The molecule has 0 bridgehead atoms. The first kappa shape index (κ1) is 12.5. The second-order valence-corrected chi connectivity index (χ2v) is 4.22. The number of nitrogens with zero attached hydrogens (tertiary/aromatic N) is 1. The fourth-order valence-corrected chi connectivity index (χ4v) is 1.87. The highest BCUT2D eigenvalue weighted by atomic mass is 16.2. The highest BCUT2D eigenvalue weighted by Gasteiger charge is 2.13. The highest BCUT2D eigenvalue weighted by Crippen LogP contribution is 2.14. The lowest BCUT2D eigenvalue weighted by molar-refractivity contribution is -0.123. The second kappa shape index (κ2) is 5.16. The van der Waals surface area contributed by atoms with Gasteiger partial charge < -0.3 is 10.7 Å². The average molecular weight is 247 g/mol. The first-order valence-corrected chi connectivity index (χ1v) is 5.77. The molecular weight excluding hydrogens is 230 g/mol. The van der Waals surface area contributed by atoms with Crippen LogP contribution in [0.5, 0.6) is 0 Å². The Morgan fingerprint density at radius 1 is 1.56 bits per heavy atom. The van der Waals surface area contributed by atoms with Crippen molar-refractivity contribution in [2.45, 2.75) is 19.4 Å². The van der Waals surface area contributed by atoms with Gasteiger partial charge in [-0.25, -0.2) is 10.4 Å². The Morgan fingerprint density at radius 3 is 3.06 bits per heavy atom. The molecule has 6 heteroatoms. The number of nitrogens with two attached hydrogens (primary N) is 1. The number of aromatic nitrogens is 2. The van der Waals surface area contributed by atoms with Gasteiger partial charge in [-0.3, -0.25) is 10.2 Å². The van der Waals surface area contributed by atoms with Crippen LogP contribution in [0.15, 0.2) is 18.2 Å². The summed E-state index contributed by atoms with van der Waals surface area (Å²) < 4.78 is 0. The standard InChI is InChI=1S/C12H17N5O/c1-7-15-10-4-3-8(6-11(10)16-7)5-9(13)12(18)17-14-2/h3-4,6,9,14H,5,13H2,1-2H3,(H,15,16)(H,17,18). The van der Waals surface area contributed by atoms with Gasteiger partial charge in [-0.15, -0.1) is 0 Å². The third-order valence-corrected chi connectivity index (χ3v) is 2.71. The van der Waals surface area contributed by atoms with Crippen LogP contribution >= 0.6 is 0 Å². The summed E-state index contributed by atoms with van der Waals surface area (Å²) in [4.78, 5) is 19.0. The summed E-state index contributed by atoms with van der Waals surface area (Å²) >= 11 is 0. The average Bonchev–Trinajstić information content (AvgIpc) is 2.68. The van der Waals surface area contributed by atoms with E-state index in [4.69, 9.17) is 5.73 Å². The molecule has 0 aliphatic rings. The number of aryl methyl sites for hydroxylation is 1. The number of imidazole rings is 1. The van der Waals surface area contributed by atoms with E-state index in [2.05, 4.69) is 20.8 Å². The monoisotopic (exact) mass is 247 g/mol. The molecule has 2 aromatic rings. The number of carbonyl (C=O) groups is 1. The van der Waals surface area contributed by atoms with Crippen LogP contribution in [-0.2, 0) is 11.2 Å². The van der Waals surface area contributed by atoms with E-state index in [1.54, 1.807) is 7.05 Å². The van der Waals surface area contributed by atoms with E-state index in [0.29, 0.717) is 6.42 Å². The molecule has 96 valence electrons. The summed E-state index contributed by atoms with van der Waals surface area (Å²) in [6.07, 6.45) is 0.488. The minimum Gasteiger partial charge on any atom is -0.342 e. The molecule has 5 N–H and O–H groups in total. The van der Waals surface area contributed by atoms with E-state index in [9.17, 15) is 4.79 Å². The topological polar surface area (TPSA) is 95.8 Å². The van der Waals surface area contributed by atoms with Crippen molar-refractivity contribution >= 4 is 16.9 Å². The SMILES string of the molecule is CNNC(=O)C(N)Cc1ccc2nc(C)[nH]c2c1. The van der Waals surface area contributed by atoms with Gasteiger partial charge in [-0.1, -0.05) is 6.07 Å². The van der Waals surface area contributed by atoms with Gasteiger partial charge in [0.2, 0.25) is 0 Å². The second-order valence-electron chi connectivity index (χ2n) is 4.22. The van der Waals surface area contributed by atoms with E-state index in [-0.39, 0.29) is 5.91 Å². The number of H-pyrrole nitrogens is 1. The Hall–Kier alpha value is -1.92. The van der Waals surface area contributed by atoms with E-state index >= 15 is 0 Å². The normalized spacial score (nSPS) is 12.6. The van der Waals surface area contributed by atoms with Crippen molar-refractivity contribution < 1.29 is 4.79 Å². The molecule has 18 heavy (non-hydrogen) atoms. The van der Waals surface area contributed by atoms with E-state index < -0.39 is 6.04 Å². The molecule has 1 aromatic carbocycles. The number of benzene rings is 1. The maximum absolute atomic E-state index is 11.5. The van der Waals surface area contributed by atoms with E-state index in [1.165, 1.54) is 0 Å². The minimum absolute atomic E-state index is 0.224. The van der Waals surface area contributed by atoms with Crippen LogP contribution in [-0.4, -0.2) is 29.0 Å². The summed E-state index contributed by atoms with van der Waals surface area (Å²) in [6.45, 7) is 1.91. The molecule has 0 saturated heterocycles. The summed E-state index contributed by atoms with van der Waals surface area (Å²) in [7, 11) is 1.63. The predicted octanol–water partition coefficient (Wildman–Crippen LogP) is -0.00828. The first-order valence-electron chi connectivity index (χ1n) is 5.77. The van der Waals surface area contributed by atoms with Crippen molar-refractivity contribution in [1.29, 1.82) is 0 Å².